The van der Waals surface area contributed by atoms with Crippen LogP contribution in [-0.4, -0.2) is 45.6 Å². The van der Waals surface area contributed by atoms with Gasteiger partial charge in [-0.3, -0.25) is 14.9 Å². The van der Waals surface area contributed by atoms with E-state index in [0.717, 1.165) is 24.3 Å². The third kappa shape index (κ3) is 4.82. The van der Waals surface area contributed by atoms with Crippen molar-refractivity contribution in [2.24, 2.45) is 0 Å². The summed E-state index contributed by atoms with van der Waals surface area (Å²) in [4.78, 5) is 26.6. The lowest BCUT2D eigenvalue weighted by atomic mass is 9.97. The van der Waals surface area contributed by atoms with Gasteiger partial charge in [0.2, 0.25) is 5.13 Å². The molecule has 1 saturated heterocycles. The van der Waals surface area contributed by atoms with Crippen LogP contribution in [0.3, 0.4) is 0 Å². The van der Waals surface area contributed by atoms with Gasteiger partial charge in [0, 0.05) is 17.6 Å². The fraction of sp³-hybridized carbons (Fsp3) is 0.474. The summed E-state index contributed by atoms with van der Waals surface area (Å²) >= 11 is 1.32. The van der Waals surface area contributed by atoms with Gasteiger partial charge in [-0.2, -0.15) is 0 Å². The Hall–Kier alpha value is -2.48. The lowest BCUT2D eigenvalue weighted by Gasteiger charge is -2.38. The van der Waals surface area contributed by atoms with E-state index in [1.807, 2.05) is 11.8 Å². The highest BCUT2D eigenvalue weighted by atomic mass is 32.1. The SMILES string of the molecule is Cc1nnc(NC(=O)c2ccc(OCC(=O)N3[C@H](C)CCC[C@H]3C)cc2)s1. The molecule has 144 valence electrons. The Balaban J connectivity index is 1.54. The molecule has 2 heterocycles. The molecule has 7 nitrogen and oxygen atoms in total. The van der Waals surface area contributed by atoms with E-state index in [-0.39, 0.29) is 30.5 Å². The molecule has 0 spiro atoms. The monoisotopic (exact) mass is 388 g/mol. The second-order valence-corrected chi connectivity index (χ2v) is 8.01. The molecule has 8 heteroatoms. The summed E-state index contributed by atoms with van der Waals surface area (Å²) in [5.74, 6) is 0.303. The molecule has 0 bridgehead atoms. The number of aromatic nitrogens is 2. The van der Waals surface area contributed by atoms with Gasteiger partial charge in [0.05, 0.1) is 0 Å². The molecule has 2 atom stereocenters. The molecular formula is C19H24N4O3S. The lowest BCUT2D eigenvalue weighted by Crippen LogP contribution is -2.49. The van der Waals surface area contributed by atoms with E-state index in [4.69, 9.17) is 4.74 Å². The second-order valence-electron chi connectivity index (χ2n) is 6.82. The van der Waals surface area contributed by atoms with Crippen LogP contribution in [-0.2, 0) is 4.79 Å². The fourth-order valence-corrected chi connectivity index (χ4v) is 3.94. The summed E-state index contributed by atoms with van der Waals surface area (Å²) < 4.78 is 5.63. The standard InChI is InChI=1S/C19H24N4O3S/c1-12-5-4-6-13(2)23(12)17(24)11-26-16-9-7-15(8-10-16)18(25)20-19-22-21-14(3)27-19/h7-10,12-13H,4-6,11H2,1-3H3,(H,20,22,25)/t12-,13-/m1/s1. The summed E-state index contributed by atoms with van der Waals surface area (Å²) in [5.41, 5.74) is 0.486. The maximum absolute atomic E-state index is 12.5. The van der Waals surface area contributed by atoms with E-state index < -0.39 is 0 Å². The summed E-state index contributed by atoms with van der Waals surface area (Å²) in [6.45, 7) is 6.00. The van der Waals surface area contributed by atoms with E-state index in [2.05, 4.69) is 29.4 Å². The topological polar surface area (TPSA) is 84.4 Å². The first-order chi connectivity index (χ1) is 12.9. The van der Waals surface area contributed by atoms with Crippen molar-refractivity contribution >= 4 is 28.3 Å². The predicted molar refractivity (Wildman–Crippen MR) is 104 cm³/mol. The number of ether oxygens (including phenoxy) is 1. The Morgan fingerprint density at radius 3 is 2.44 bits per heavy atom. The minimum absolute atomic E-state index is 0.00293. The molecule has 2 amide bonds. The molecule has 0 radical (unpaired) electrons. The Morgan fingerprint density at radius 1 is 1.19 bits per heavy atom. The van der Waals surface area contributed by atoms with Crippen molar-refractivity contribution in [2.45, 2.75) is 52.1 Å². The van der Waals surface area contributed by atoms with Crippen molar-refractivity contribution in [2.75, 3.05) is 11.9 Å². The molecule has 0 unspecified atom stereocenters. The molecule has 1 aromatic heterocycles. The molecule has 1 N–H and O–H groups in total. The van der Waals surface area contributed by atoms with Gasteiger partial charge in [-0.15, -0.1) is 10.2 Å². The minimum atomic E-state index is -0.259. The normalized spacial score (nSPS) is 19.6. The second kappa shape index (κ2) is 8.47. The summed E-state index contributed by atoms with van der Waals surface area (Å²) in [7, 11) is 0. The van der Waals surface area contributed by atoms with E-state index in [1.54, 1.807) is 24.3 Å². The van der Waals surface area contributed by atoms with Gasteiger partial charge >= 0.3 is 0 Å². The first kappa shape index (κ1) is 19.3. The van der Waals surface area contributed by atoms with Crippen LogP contribution in [0.5, 0.6) is 5.75 Å². The van der Waals surface area contributed by atoms with Crippen LogP contribution in [0.15, 0.2) is 24.3 Å². The first-order valence-electron chi connectivity index (χ1n) is 9.09. The van der Waals surface area contributed by atoms with Crippen LogP contribution in [0.2, 0.25) is 0 Å². The van der Waals surface area contributed by atoms with Crippen molar-refractivity contribution in [3.63, 3.8) is 0 Å². The molecule has 1 aliphatic rings. The Morgan fingerprint density at radius 2 is 1.85 bits per heavy atom. The quantitative estimate of drug-likeness (QED) is 0.850. The Bertz CT molecular complexity index is 796. The van der Waals surface area contributed by atoms with Crippen LogP contribution in [0, 0.1) is 6.92 Å². The Labute approximate surface area is 162 Å². The number of amides is 2. The smallest absolute Gasteiger partial charge is 0.260 e. The van der Waals surface area contributed by atoms with Gasteiger partial charge in [0.25, 0.3) is 11.8 Å². The van der Waals surface area contributed by atoms with Crippen LogP contribution in [0.4, 0.5) is 5.13 Å². The zero-order valence-electron chi connectivity index (χ0n) is 15.8. The average molecular weight is 388 g/mol. The third-order valence-corrected chi connectivity index (χ3v) is 5.46. The van der Waals surface area contributed by atoms with Gasteiger partial charge in [0.1, 0.15) is 10.8 Å². The summed E-state index contributed by atoms with van der Waals surface area (Å²) in [6, 6.07) is 7.21. The molecule has 0 aliphatic carbocycles. The first-order valence-corrected chi connectivity index (χ1v) is 9.91. The maximum Gasteiger partial charge on any atom is 0.260 e. The van der Waals surface area contributed by atoms with Crippen LogP contribution < -0.4 is 10.1 Å². The number of anilines is 1. The van der Waals surface area contributed by atoms with E-state index in [0.29, 0.717) is 16.4 Å². The van der Waals surface area contributed by atoms with E-state index in [1.165, 1.54) is 11.3 Å². The van der Waals surface area contributed by atoms with Crippen molar-refractivity contribution < 1.29 is 14.3 Å². The number of piperidine rings is 1. The van der Waals surface area contributed by atoms with Gasteiger partial charge in [-0.05, 0) is 64.3 Å². The molecule has 3 rings (SSSR count). The van der Waals surface area contributed by atoms with Crippen LogP contribution in [0.25, 0.3) is 0 Å². The van der Waals surface area contributed by atoms with Gasteiger partial charge in [-0.1, -0.05) is 11.3 Å². The fourth-order valence-electron chi connectivity index (χ4n) is 3.35. The number of benzene rings is 1. The highest BCUT2D eigenvalue weighted by Crippen LogP contribution is 2.23. The molecule has 1 fully saturated rings. The lowest BCUT2D eigenvalue weighted by molar-refractivity contribution is -0.139. The van der Waals surface area contributed by atoms with E-state index >= 15 is 0 Å². The Kier molecular flexibility index (Phi) is 6.05. The van der Waals surface area contributed by atoms with Crippen molar-refractivity contribution in [3.8, 4) is 5.75 Å². The summed E-state index contributed by atoms with van der Waals surface area (Å²) in [5, 5.41) is 11.7. The van der Waals surface area contributed by atoms with Crippen LogP contribution >= 0.6 is 11.3 Å². The number of aryl methyl sites for hydroxylation is 1. The van der Waals surface area contributed by atoms with Crippen molar-refractivity contribution in [1.82, 2.24) is 15.1 Å². The van der Waals surface area contributed by atoms with Crippen molar-refractivity contribution in [3.05, 3.63) is 34.8 Å². The maximum atomic E-state index is 12.5. The molecular weight excluding hydrogens is 364 g/mol. The number of nitrogens with one attached hydrogen (secondary N) is 1. The number of nitrogens with zero attached hydrogens (tertiary/aromatic N) is 3. The zero-order chi connectivity index (χ0) is 19.4. The molecule has 1 aromatic carbocycles. The summed E-state index contributed by atoms with van der Waals surface area (Å²) in [6.07, 6.45) is 3.23. The molecule has 0 saturated carbocycles. The minimum Gasteiger partial charge on any atom is -0.484 e. The highest BCUT2D eigenvalue weighted by Gasteiger charge is 2.28. The number of hydrogen-bond acceptors (Lipinski definition) is 6. The molecule has 1 aliphatic heterocycles. The highest BCUT2D eigenvalue weighted by molar-refractivity contribution is 7.15. The number of hydrogen-bond donors (Lipinski definition) is 1. The molecule has 2 aromatic rings. The van der Waals surface area contributed by atoms with E-state index in [9.17, 15) is 9.59 Å². The number of rotatable bonds is 5. The van der Waals surface area contributed by atoms with Crippen LogP contribution in [0.1, 0.15) is 48.5 Å². The molecule has 27 heavy (non-hydrogen) atoms. The number of likely N-dealkylation sites (tertiary alicyclic amines) is 1. The van der Waals surface area contributed by atoms with Gasteiger partial charge in [0.15, 0.2) is 6.61 Å². The van der Waals surface area contributed by atoms with Gasteiger partial charge in [-0.25, -0.2) is 0 Å². The number of carbonyl (C=O) groups excluding carboxylic acids is 2. The van der Waals surface area contributed by atoms with Crippen molar-refractivity contribution in [1.29, 1.82) is 0 Å². The largest absolute Gasteiger partial charge is 0.484 e. The zero-order valence-corrected chi connectivity index (χ0v) is 16.6. The third-order valence-electron chi connectivity index (χ3n) is 4.71. The predicted octanol–water partition coefficient (Wildman–Crippen LogP) is 3.27. The van der Waals surface area contributed by atoms with Gasteiger partial charge < -0.3 is 9.64 Å². The average Bonchev–Trinajstić information content (AvgIpc) is 3.05. The number of carbonyl (C=O) groups is 2.